The van der Waals surface area contributed by atoms with E-state index in [0.717, 1.165) is 5.56 Å². The van der Waals surface area contributed by atoms with Crippen LogP contribution in [0.5, 0.6) is 5.75 Å². The molecule has 0 bridgehead atoms. The highest BCUT2D eigenvalue weighted by atomic mass is 32.1. The molecule has 1 aromatic heterocycles. The van der Waals surface area contributed by atoms with Gasteiger partial charge in [-0.1, -0.05) is 0 Å². The van der Waals surface area contributed by atoms with Crippen LogP contribution in [0.25, 0.3) is 10.4 Å². The number of benzene rings is 1. The zero-order valence-electron chi connectivity index (χ0n) is 10.9. The van der Waals surface area contributed by atoms with Crippen molar-refractivity contribution in [3.8, 4) is 16.2 Å². The van der Waals surface area contributed by atoms with Crippen LogP contribution in [0.4, 0.5) is 13.2 Å². The monoisotopic (exact) mass is 302 g/mol. The van der Waals surface area contributed by atoms with Crippen LogP contribution in [-0.4, -0.2) is 19.1 Å². The summed E-state index contributed by atoms with van der Waals surface area (Å²) < 4.78 is 42.9. The molecule has 1 N–H and O–H groups in total. The van der Waals surface area contributed by atoms with Gasteiger partial charge in [0, 0.05) is 18.3 Å². The lowest BCUT2D eigenvalue weighted by Crippen LogP contribution is -2.06. The number of thiazole rings is 1. The van der Waals surface area contributed by atoms with Crippen molar-refractivity contribution in [2.45, 2.75) is 12.7 Å². The van der Waals surface area contributed by atoms with E-state index in [1.54, 1.807) is 26.3 Å². The van der Waals surface area contributed by atoms with Crippen LogP contribution < -0.4 is 10.1 Å². The quantitative estimate of drug-likeness (QED) is 0.937. The molecule has 2 aromatic rings. The number of halogens is 3. The van der Waals surface area contributed by atoms with Gasteiger partial charge in [0.1, 0.15) is 5.75 Å². The number of hydrogen-bond donors (Lipinski definition) is 1. The maximum absolute atomic E-state index is 12.6. The van der Waals surface area contributed by atoms with Gasteiger partial charge in [-0.3, -0.25) is 0 Å². The van der Waals surface area contributed by atoms with Crippen LogP contribution in [0.15, 0.2) is 24.4 Å². The lowest BCUT2D eigenvalue weighted by molar-refractivity contribution is -0.137. The number of methoxy groups -OCH3 is 1. The molecule has 2 rings (SSSR count). The van der Waals surface area contributed by atoms with Gasteiger partial charge in [0.2, 0.25) is 0 Å². The van der Waals surface area contributed by atoms with Crippen molar-refractivity contribution in [3.63, 3.8) is 0 Å². The topological polar surface area (TPSA) is 34.2 Å². The molecular formula is C13H13F3N2OS. The summed E-state index contributed by atoms with van der Waals surface area (Å²) in [6.45, 7) is 0.571. The Labute approximate surface area is 118 Å². The highest BCUT2D eigenvalue weighted by molar-refractivity contribution is 7.15. The molecule has 7 heteroatoms. The maximum atomic E-state index is 12.6. The van der Waals surface area contributed by atoms with Crippen molar-refractivity contribution in [1.29, 1.82) is 0 Å². The summed E-state index contributed by atoms with van der Waals surface area (Å²) >= 11 is 0.636. The Balaban J connectivity index is 2.37. The first kappa shape index (κ1) is 14.8. The molecular weight excluding hydrogens is 289 g/mol. The van der Waals surface area contributed by atoms with Crippen LogP contribution >= 0.6 is 11.3 Å². The summed E-state index contributed by atoms with van der Waals surface area (Å²) in [4.78, 5) is 3.91. The zero-order valence-corrected chi connectivity index (χ0v) is 11.7. The van der Waals surface area contributed by atoms with E-state index in [9.17, 15) is 13.2 Å². The third-order valence-electron chi connectivity index (χ3n) is 2.68. The van der Waals surface area contributed by atoms with Gasteiger partial charge in [-0.05, 0) is 30.8 Å². The summed E-state index contributed by atoms with van der Waals surface area (Å²) in [6.07, 6.45) is -3.15. The Hall–Kier alpha value is -1.60. The SMILES string of the molecule is CNCc1cc(-c2cnc(C(F)(F)F)s2)ccc1OC. The molecule has 0 aliphatic heterocycles. The predicted octanol–water partition coefficient (Wildman–Crippen LogP) is 3.56. The van der Waals surface area contributed by atoms with E-state index < -0.39 is 11.2 Å². The number of rotatable bonds is 4. The maximum Gasteiger partial charge on any atom is 0.443 e. The van der Waals surface area contributed by atoms with E-state index in [2.05, 4.69) is 10.3 Å². The van der Waals surface area contributed by atoms with Gasteiger partial charge in [0.05, 0.1) is 12.0 Å². The predicted molar refractivity (Wildman–Crippen MR) is 71.9 cm³/mol. The smallest absolute Gasteiger partial charge is 0.443 e. The van der Waals surface area contributed by atoms with E-state index in [0.29, 0.717) is 34.1 Å². The minimum atomic E-state index is -4.40. The molecule has 0 aliphatic rings. The summed E-state index contributed by atoms with van der Waals surface area (Å²) in [5.41, 5.74) is 1.58. The molecule has 0 radical (unpaired) electrons. The van der Waals surface area contributed by atoms with E-state index in [1.165, 1.54) is 6.20 Å². The summed E-state index contributed by atoms with van der Waals surface area (Å²) in [5, 5.41) is 2.16. The minimum Gasteiger partial charge on any atom is -0.496 e. The first-order valence-corrected chi connectivity index (χ1v) is 6.62. The number of aromatic nitrogens is 1. The van der Waals surface area contributed by atoms with Crippen molar-refractivity contribution >= 4 is 11.3 Å². The van der Waals surface area contributed by atoms with E-state index in [4.69, 9.17) is 4.74 Å². The normalized spacial score (nSPS) is 11.7. The standard InChI is InChI=1S/C13H13F3N2OS/c1-17-6-9-5-8(3-4-10(9)19-2)11-7-18-12(20-11)13(14,15)16/h3-5,7,17H,6H2,1-2H3. The Morgan fingerprint density at radius 3 is 2.65 bits per heavy atom. The molecule has 3 nitrogen and oxygen atoms in total. The van der Waals surface area contributed by atoms with Crippen LogP contribution in [0.1, 0.15) is 10.6 Å². The summed E-state index contributed by atoms with van der Waals surface area (Å²) in [5.74, 6) is 0.698. The Morgan fingerprint density at radius 2 is 2.10 bits per heavy atom. The van der Waals surface area contributed by atoms with Crippen molar-refractivity contribution < 1.29 is 17.9 Å². The fourth-order valence-corrected chi connectivity index (χ4v) is 2.58. The van der Waals surface area contributed by atoms with Crippen molar-refractivity contribution in [3.05, 3.63) is 35.0 Å². The molecule has 108 valence electrons. The minimum absolute atomic E-state index is 0.484. The zero-order chi connectivity index (χ0) is 14.8. The fourth-order valence-electron chi connectivity index (χ4n) is 1.80. The van der Waals surface area contributed by atoms with Crippen molar-refractivity contribution in [1.82, 2.24) is 10.3 Å². The summed E-state index contributed by atoms with van der Waals surface area (Å²) in [7, 11) is 3.35. The van der Waals surface area contributed by atoms with Gasteiger partial charge in [-0.2, -0.15) is 13.2 Å². The molecule has 0 atom stereocenters. The average Bonchev–Trinajstić information content (AvgIpc) is 2.88. The second-order valence-electron chi connectivity index (χ2n) is 4.08. The number of hydrogen-bond acceptors (Lipinski definition) is 4. The van der Waals surface area contributed by atoms with Crippen molar-refractivity contribution in [2.75, 3.05) is 14.2 Å². The van der Waals surface area contributed by atoms with Gasteiger partial charge in [-0.25, -0.2) is 4.98 Å². The molecule has 0 saturated carbocycles. The van der Waals surface area contributed by atoms with Gasteiger partial charge >= 0.3 is 6.18 Å². The Kier molecular flexibility index (Phi) is 4.29. The number of nitrogens with zero attached hydrogens (tertiary/aromatic N) is 1. The molecule has 0 aliphatic carbocycles. The molecule has 0 unspecified atom stereocenters. The Morgan fingerprint density at radius 1 is 1.35 bits per heavy atom. The highest BCUT2D eigenvalue weighted by Gasteiger charge is 2.34. The van der Waals surface area contributed by atoms with E-state index in [-0.39, 0.29) is 0 Å². The second kappa shape index (κ2) is 5.80. The van der Waals surface area contributed by atoms with Crippen LogP contribution in [0.2, 0.25) is 0 Å². The average molecular weight is 302 g/mol. The molecule has 20 heavy (non-hydrogen) atoms. The van der Waals surface area contributed by atoms with Crippen LogP contribution in [0, 0.1) is 0 Å². The first-order valence-electron chi connectivity index (χ1n) is 5.80. The third kappa shape index (κ3) is 3.10. The molecule has 0 fully saturated rings. The fraction of sp³-hybridized carbons (Fsp3) is 0.308. The van der Waals surface area contributed by atoms with Gasteiger partial charge in [0.25, 0.3) is 0 Å². The second-order valence-corrected chi connectivity index (χ2v) is 5.12. The number of nitrogens with one attached hydrogen (secondary N) is 1. The van der Waals surface area contributed by atoms with E-state index in [1.807, 2.05) is 6.07 Å². The highest BCUT2D eigenvalue weighted by Crippen LogP contribution is 2.37. The van der Waals surface area contributed by atoms with Gasteiger partial charge in [0.15, 0.2) is 5.01 Å². The summed E-state index contributed by atoms with van der Waals surface area (Å²) in [6, 6.07) is 5.28. The largest absolute Gasteiger partial charge is 0.496 e. The molecule has 0 saturated heterocycles. The molecule has 1 heterocycles. The first-order chi connectivity index (χ1) is 9.45. The molecule has 1 aromatic carbocycles. The van der Waals surface area contributed by atoms with Crippen molar-refractivity contribution in [2.24, 2.45) is 0 Å². The Bertz CT molecular complexity index is 596. The molecule has 0 amide bonds. The lowest BCUT2D eigenvalue weighted by Gasteiger charge is -2.09. The number of alkyl halides is 3. The van der Waals surface area contributed by atoms with Crippen LogP contribution in [0.3, 0.4) is 0 Å². The molecule has 0 spiro atoms. The third-order valence-corrected chi connectivity index (χ3v) is 3.77. The lowest BCUT2D eigenvalue weighted by atomic mass is 10.1. The van der Waals surface area contributed by atoms with E-state index >= 15 is 0 Å². The van der Waals surface area contributed by atoms with Gasteiger partial charge < -0.3 is 10.1 Å². The van der Waals surface area contributed by atoms with Gasteiger partial charge in [-0.15, -0.1) is 11.3 Å². The number of ether oxygens (including phenoxy) is 1. The van der Waals surface area contributed by atoms with Crippen LogP contribution in [-0.2, 0) is 12.7 Å².